The van der Waals surface area contributed by atoms with Crippen LogP contribution in [0.3, 0.4) is 0 Å². The molecular weight excluding hydrogens is 471 g/mol. The summed E-state index contributed by atoms with van der Waals surface area (Å²) in [5.74, 6) is 0.258. The molecule has 0 radical (unpaired) electrons. The summed E-state index contributed by atoms with van der Waals surface area (Å²) in [7, 11) is 0. The van der Waals surface area contributed by atoms with Gasteiger partial charge in [-0.25, -0.2) is 4.98 Å². The lowest BCUT2D eigenvalue weighted by molar-refractivity contribution is -0.118. The Kier molecular flexibility index (Phi) is 7.52. The number of ether oxygens (including phenoxy) is 1. The summed E-state index contributed by atoms with van der Waals surface area (Å²) < 4.78 is 20.3. The van der Waals surface area contributed by atoms with Crippen molar-refractivity contribution < 1.29 is 13.9 Å². The van der Waals surface area contributed by atoms with E-state index in [-0.39, 0.29) is 30.2 Å². The highest BCUT2D eigenvalue weighted by Gasteiger charge is 2.14. The second-order valence-corrected chi connectivity index (χ2v) is 8.18. The molecule has 7 nitrogen and oxygen atoms in total. The van der Waals surface area contributed by atoms with Crippen molar-refractivity contribution in [3.05, 3.63) is 105 Å². The Morgan fingerprint density at radius 1 is 1.09 bits per heavy atom. The van der Waals surface area contributed by atoms with Gasteiger partial charge in [0.05, 0.1) is 6.54 Å². The molecule has 4 rings (SSSR count). The molecule has 4 aromatic rings. The van der Waals surface area contributed by atoms with Gasteiger partial charge in [-0.05, 0) is 48.0 Å². The number of pyridine rings is 1. The van der Waals surface area contributed by atoms with Crippen LogP contribution in [0.4, 0.5) is 16.0 Å². The fraction of sp³-hybridized carbons (Fsp3) is 0.154. The van der Waals surface area contributed by atoms with Gasteiger partial charge in [0.15, 0.2) is 0 Å². The summed E-state index contributed by atoms with van der Waals surface area (Å²) in [5.41, 5.74) is 1.55. The predicted octanol–water partition coefficient (Wildman–Crippen LogP) is 5.54. The van der Waals surface area contributed by atoms with Crippen LogP contribution in [-0.4, -0.2) is 20.3 Å². The van der Waals surface area contributed by atoms with Gasteiger partial charge < -0.3 is 10.1 Å². The summed E-state index contributed by atoms with van der Waals surface area (Å²) in [4.78, 5) is 33.3. The molecule has 2 heterocycles. The number of anilines is 2. The minimum Gasteiger partial charge on any atom is -0.439 e. The molecule has 0 aliphatic carbocycles. The number of ketones is 1. The van der Waals surface area contributed by atoms with Crippen LogP contribution >= 0.6 is 11.6 Å². The van der Waals surface area contributed by atoms with E-state index in [4.69, 9.17) is 16.3 Å². The Morgan fingerprint density at radius 3 is 2.51 bits per heavy atom. The van der Waals surface area contributed by atoms with E-state index >= 15 is 0 Å². The maximum absolute atomic E-state index is 13.3. The minimum absolute atomic E-state index is 0.0311. The fourth-order valence-corrected chi connectivity index (χ4v) is 3.44. The highest BCUT2D eigenvalue weighted by molar-refractivity contribution is 6.30. The first-order valence-electron chi connectivity index (χ1n) is 10.9. The van der Waals surface area contributed by atoms with Crippen molar-refractivity contribution in [1.82, 2.24) is 14.5 Å². The number of Topliss-reactive ketones (excluding diaryl/α,β-unsaturated/α-hetero) is 1. The van der Waals surface area contributed by atoms with Crippen molar-refractivity contribution in [3.8, 4) is 11.6 Å². The Bertz CT molecular complexity index is 1390. The fourth-order valence-electron chi connectivity index (χ4n) is 3.31. The van der Waals surface area contributed by atoms with E-state index in [9.17, 15) is 14.0 Å². The predicted molar refractivity (Wildman–Crippen MR) is 132 cm³/mol. The van der Waals surface area contributed by atoms with Gasteiger partial charge in [0, 0.05) is 41.4 Å². The molecule has 0 amide bonds. The third kappa shape index (κ3) is 6.30. The molecule has 0 saturated heterocycles. The van der Waals surface area contributed by atoms with E-state index in [1.165, 1.54) is 22.9 Å². The lowest BCUT2D eigenvalue weighted by Crippen LogP contribution is -2.28. The topological polar surface area (TPSA) is 86.1 Å². The lowest BCUT2D eigenvalue weighted by atomic mass is 10.1. The smallest absolute Gasteiger partial charge is 0.258 e. The van der Waals surface area contributed by atoms with Crippen molar-refractivity contribution in [2.75, 3.05) is 5.32 Å². The maximum Gasteiger partial charge on any atom is 0.258 e. The number of hydrogen-bond donors (Lipinski definition) is 1. The molecule has 9 heteroatoms. The molecule has 0 bridgehead atoms. The van der Waals surface area contributed by atoms with E-state index < -0.39 is 5.95 Å². The van der Waals surface area contributed by atoms with Gasteiger partial charge in [0.2, 0.25) is 17.8 Å². The highest BCUT2D eigenvalue weighted by Crippen LogP contribution is 2.23. The summed E-state index contributed by atoms with van der Waals surface area (Å²) in [6, 6.07) is 18.3. The third-order valence-electron chi connectivity index (χ3n) is 5.18. The SMILES string of the molecule is CCC(=O)Cc1cnc(Nc2ccc(Oc3cccc(F)n3)cc2)n(Cc2ccc(Cl)cc2)c1=O. The van der Waals surface area contributed by atoms with Crippen LogP contribution < -0.4 is 15.6 Å². The lowest BCUT2D eigenvalue weighted by Gasteiger charge is -2.15. The maximum atomic E-state index is 13.3. The number of carbonyl (C=O) groups is 1. The molecule has 2 aromatic carbocycles. The van der Waals surface area contributed by atoms with Crippen LogP contribution in [0.15, 0.2) is 77.7 Å². The van der Waals surface area contributed by atoms with Gasteiger partial charge in [0.25, 0.3) is 5.56 Å². The zero-order chi connectivity index (χ0) is 24.8. The number of halogens is 2. The minimum atomic E-state index is -0.630. The van der Waals surface area contributed by atoms with Crippen LogP contribution in [0.2, 0.25) is 5.02 Å². The second kappa shape index (κ2) is 10.9. The van der Waals surface area contributed by atoms with Crippen LogP contribution in [-0.2, 0) is 17.8 Å². The third-order valence-corrected chi connectivity index (χ3v) is 5.43. The van der Waals surface area contributed by atoms with Crippen molar-refractivity contribution in [2.45, 2.75) is 26.3 Å². The summed E-state index contributed by atoms with van der Waals surface area (Å²) in [6.07, 6.45) is 1.81. The standard InChI is InChI=1S/C26H22ClFN4O3/c1-2-21(33)14-18-15-29-26(32(25(18)34)16-17-6-8-19(27)9-7-17)30-20-10-12-22(13-11-20)35-24-5-3-4-23(28)31-24/h3-13,15H,2,14,16H2,1H3,(H,29,30). The van der Waals surface area contributed by atoms with Gasteiger partial charge in [0.1, 0.15) is 11.5 Å². The molecule has 0 saturated carbocycles. The van der Waals surface area contributed by atoms with Crippen LogP contribution in [0.25, 0.3) is 0 Å². The van der Waals surface area contributed by atoms with Crippen LogP contribution in [0.5, 0.6) is 11.6 Å². The van der Waals surface area contributed by atoms with Crippen molar-refractivity contribution in [1.29, 1.82) is 0 Å². The zero-order valence-corrected chi connectivity index (χ0v) is 19.6. The molecule has 35 heavy (non-hydrogen) atoms. The van der Waals surface area contributed by atoms with Crippen LogP contribution in [0, 0.1) is 5.95 Å². The Hall–Kier alpha value is -4.04. The summed E-state index contributed by atoms with van der Waals surface area (Å²) in [5, 5.41) is 3.74. The number of aromatic nitrogens is 3. The van der Waals surface area contributed by atoms with E-state index in [1.54, 1.807) is 49.4 Å². The first-order chi connectivity index (χ1) is 16.9. The van der Waals surface area contributed by atoms with E-state index in [0.29, 0.717) is 34.4 Å². The molecule has 1 N–H and O–H groups in total. The first kappa shape index (κ1) is 24.1. The first-order valence-corrected chi connectivity index (χ1v) is 11.3. The molecule has 0 aliphatic rings. The molecule has 0 atom stereocenters. The summed E-state index contributed by atoms with van der Waals surface area (Å²) in [6.45, 7) is 2.00. The van der Waals surface area contributed by atoms with E-state index in [0.717, 1.165) is 5.56 Å². The second-order valence-electron chi connectivity index (χ2n) is 7.74. The average Bonchev–Trinajstić information content (AvgIpc) is 2.85. The molecule has 0 aliphatic heterocycles. The van der Waals surface area contributed by atoms with Gasteiger partial charge in [-0.2, -0.15) is 9.37 Å². The normalized spacial score (nSPS) is 10.7. The quantitative estimate of drug-likeness (QED) is 0.309. The molecule has 0 fully saturated rings. The number of hydrogen-bond acceptors (Lipinski definition) is 6. The van der Waals surface area contributed by atoms with Gasteiger partial charge in [-0.1, -0.05) is 36.7 Å². The van der Waals surface area contributed by atoms with Crippen LogP contribution in [0.1, 0.15) is 24.5 Å². The molecule has 0 spiro atoms. The monoisotopic (exact) mass is 492 g/mol. The number of rotatable bonds is 9. The van der Waals surface area contributed by atoms with E-state index in [2.05, 4.69) is 15.3 Å². The largest absolute Gasteiger partial charge is 0.439 e. The number of benzene rings is 2. The van der Waals surface area contributed by atoms with Gasteiger partial charge in [-0.15, -0.1) is 0 Å². The van der Waals surface area contributed by atoms with Crippen molar-refractivity contribution in [3.63, 3.8) is 0 Å². The molecular formula is C26H22ClFN4O3. The molecule has 178 valence electrons. The molecule has 0 unspecified atom stereocenters. The van der Waals surface area contributed by atoms with Gasteiger partial charge >= 0.3 is 0 Å². The Labute approximate surface area is 206 Å². The zero-order valence-electron chi connectivity index (χ0n) is 18.9. The van der Waals surface area contributed by atoms with Crippen molar-refractivity contribution >= 4 is 29.0 Å². The number of carbonyl (C=O) groups excluding carboxylic acids is 1. The summed E-state index contributed by atoms with van der Waals surface area (Å²) >= 11 is 5.99. The Balaban J connectivity index is 1.60. The Morgan fingerprint density at radius 2 is 1.83 bits per heavy atom. The average molecular weight is 493 g/mol. The molecule has 2 aromatic heterocycles. The van der Waals surface area contributed by atoms with E-state index in [1.807, 2.05) is 12.1 Å². The number of nitrogens with zero attached hydrogens (tertiary/aromatic N) is 3. The number of nitrogens with one attached hydrogen (secondary N) is 1. The highest BCUT2D eigenvalue weighted by atomic mass is 35.5. The van der Waals surface area contributed by atoms with Crippen molar-refractivity contribution in [2.24, 2.45) is 0 Å². The van der Waals surface area contributed by atoms with Gasteiger partial charge in [-0.3, -0.25) is 14.2 Å².